The van der Waals surface area contributed by atoms with Gasteiger partial charge in [0.2, 0.25) is 0 Å². The maximum absolute atomic E-state index is 4.61. The van der Waals surface area contributed by atoms with Crippen LogP contribution in [-0.4, -0.2) is 25.6 Å². The van der Waals surface area contributed by atoms with Crippen LogP contribution in [-0.2, 0) is 0 Å². The fourth-order valence-electron chi connectivity index (χ4n) is 0.607. The van der Waals surface area contributed by atoms with Gasteiger partial charge in [0.1, 0.15) is 0 Å². The standard InChI is InChI=1S/C4H3N5O/c1-2-6-3(5-1)4-7-8-9-10-4/h1-2H,(H,5,6). The molecule has 2 aromatic heterocycles. The number of hydrogen-bond donors (Lipinski definition) is 1. The minimum absolute atomic E-state index is 0.296. The Morgan fingerprint density at radius 2 is 2.50 bits per heavy atom. The molecule has 0 aliphatic rings. The molecule has 6 nitrogen and oxygen atoms in total. The zero-order valence-corrected chi connectivity index (χ0v) is 4.85. The van der Waals surface area contributed by atoms with Crippen LogP contribution < -0.4 is 0 Å². The second-order valence-corrected chi connectivity index (χ2v) is 1.61. The summed E-state index contributed by atoms with van der Waals surface area (Å²) in [7, 11) is 0. The highest BCUT2D eigenvalue weighted by Gasteiger charge is 2.04. The Kier molecular flexibility index (Phi) is 0.970. The van der Waals surface area contributed by atoms with Gasteiger partial charge in [-0.3, -0.25) is 0 Å². The van der Waals surface area contributed by atoms with Crippen LogP contribution in [0.4, 0.5) is 0 Å². The van der Waals surface area contributed by atoms with E-state index in [1.54, 1.807) is 12.4 Å². The number of imidazole rings is 1. The Labute approximate surface area is 55.3 Å². The number of hydrogen-bond acceptors (Lipinski definition) is 5. The second kappa shape index (κ2) is 1.90. The summed E-state index contributed by atoms with van der Waals surface area (Å²) in [6.45, 7) is 0. The van der Waals surface area contributed by atoms with Crippen molar-refractivity contribution in [2.45, 2.75) is 0 Å². The quantitative estimate of drug-likeness (QED) is 0.591. The molecule has 2 aromatic rings. The van der Waals surface area contributed by atoms with Gasteiger partial charge in [-0.2, -0.15) is 0 Å². The van der Waals surface area contributed by atoms with Crippen molar-refractivity contribution in [2.75, 3.05) is 0 Å². The third-order valence-corrected chi connectivity index (χ3v) is 1.00. The molecule has 0 bridgehead atoms. The monoisotopic (exact) mass is 137 g/mol. The predicted octanol–water partition coefficient (Wildman–Crippen LogP) is -0.145. The largest absolute Gasteiger partial charge is 0.340 e. The van der Waals surface area contributed by atoms with Gasteiger partial charge < -0.3 is 9.51 Å². The lowest BCUT2D eigenvalue weighted by atomic mass is 10.6. The van der Waals surface area contributed by atoms with Crippen molar-refractivity contribution in [3.63, 3.8) is 0 Å². The lowest BCUT2D eigenvalue weighted by Gasteiger charge is -1.79. The van der Waals surface area contributed by atoms with Crippen LogP contribution in [0.2, 0.25) is 0 Å². The van der Waals surface area contributed by atoms with Crippen molar-refractivity contribution < 1.29 is 4.52 Å². The van der Waals surface area contributed by atoms with Crippen molar-refractivity contribution in [1.29, 1.82) is 0 Å². The van der Waals surface area contributed by atoms with Gasteiger partial charge in [0.25, 0.3) is 0 Å². The van der Waals surface area contributed by atoms with Crippen molar-refractivity contribution >= 4 is 0 Å². The number of H-pyrrole nitrogens is 1. The average molecular weight is 137 g/mol. The molecule has 2 rings (SSSR count). The van der Waals surface area contributed by atoms with E-state index in [-0.39, 0.29) is 0 Å². The summed E-state index contributed by atoms with van der Waals surface area (Å²) < 4.78 is 4.61. The third-order valence-electron chi connectivity index (χ3n) is 1.00. The molecule has 0 unspecified atom stereocenters. The molecule has 0 aliphatic heterocycles. The number of rotatable bonds is 1. The predicted molar refractivity (Wildman–Crippen MR) is 29.7 cm³/mol. The normalized spacial score (nSPS) is 10.0. The first-order valence-corrected chi connectivity index (χ1v) is 2.61. The van der Waals surface area contributed by atoms with E-state index in [4.69, 9.17) is 0 Å². The van der Waals surface area contributed by atoms with Crippen LogP contribution >= 0.6 is 0 Å². The SMILES string of the molecule is c1c[nH]c(-c2nnno2)n1. The number of nitrogens with one attached hydrogen (secondary N) is 1. The fraction of sp³-hybridized carbons (Fsp3) is 0. The first-order valence-electron chi connectivity index (χ1n) is 2.61. The van der Waals surface area contributed by atoms with E-state index < -0.39 is 0 Å². The Morgan fingerprint density at radius 3 is 3.10 bits per heavy atom. The van der Waals surface area contributed by atoms with E-state index >= 15 is 0 Å². The van der Waals surface area contributed by atoms with Gasteiger partial charge in [0, 0.05) is 12.4 Å². The van der Waals surface area contributed by atoms with E-state index in [1.165, 1.54) is 0 Å². The molecule has 0 spiro atoms. The number of nitrogens with zero attached hydrogens (tertiary/aromatic N) is 4. The molecule has 0 saturated heterocycles. The van der Waals surface area contributed by atoms with Crippen LogP contribution in [0.25, 0.3) is 11.7 Å². The highest BCUT2D eigenvalue weighted by Crippen LogP contribution is 2.05. The molecule has 50 valence electrons. The zero-order chi connectivity index (χ0) is 6.81. The van der Waals surface area contributed by atoms with E-state index in [2.05, 4.69) is 30.1 Å². The molecular weight excluding hydrogens is 134 g/mol. The van der Waals surface area contributed by atoms with Crippen molar-refractivity contribution in [1.82, 2.24) is 25.6 Å². The van der Waals surface area contributed by atoms with Crippen LogP contribution in [0.1, 0.15) is 0 Å². The smallest absolute Gasteiger partial charge is 0.313 e. The van der Waals surface area contributed by atoms with Crippen molar-refractivity contribution in [3.05, 3.63) is 12.4 Å². The summed E-state index contributed by atoms with van der Waals surface area (Å²) in [5.41, 5.74) is 0. The lowest BCUT2D eigenvalue weighted by Crippen LogP contribution is -1.78. The Morgan fingerprint density at radius 1 is 1.50 bits per heavy atom. The fourth-order valence-corrected chi connectivity index (χ4v) is 0.607. The van der Waals surface area contributed by atoms with Crippen molar-refractivity contribution in [3.8, 4) is 11.7 Å². The van der Waals surface area contributed by atoms with E-state index in [0.717, 1.165) is 0 Å². The third kappa shape index (κ3) is 0.661. The van der Waals surface area contributed by atoms with Crippen LogP contribution in [0, 0.1) is 0 Å². The van der Waals surface area contributed by atoms with Crippen LogP contribution in [0.15, 0.2) is 16.9 Å². The Balaban J connectivity index is 2.48. The second-order valence-electron chi connectivity index (χ2n) is 1.61. The van der Waals surface area contributed by atoms with E-state index in [1.807, 2.05) is 0 Å². The minimum atomic E-state index is 0.296. The first kappa shape index (κ1) is 5.10. The molecule has 6 heteroatoms. The molecule has 0 radical (unpaired) electrons. The van der Waals surface area contributed by atoms with Gasteiger partial charge in [-0.15, -0.1) is 0 Å². The summed E-state index contributed by atoms with van der Waals surface area (Å²) in [6, 6.07) is 0. The Hall–Kier alpha value is -1.72. The number of aromatic amines is 1. The van der Waals surface area contributed by atoms with Gasteiger partial charge in [-0.25, -0.2) is 4.98 Å². The van der Waals surface area contributed by atoms with Gasteiger partial charge in [-0.1, -0.05) is 5.10 Å². The number of aromatic nitrogens is 5. The van der Waals surface area contributed by atoms with Crippen LogP contribution in [0.5, 0.6) is 0 Å². The Bertz CT molecular complexity index is 253. The highest BCUT2D eigenvalue weighted by atomic mass is 16.5. The molecule has 0 amide bonds. The molecule has 0 aromatic carbocycles. The molecule has 0 fully saturated rings. The molecule has 0 atom stereocenters. The maximum Gasteiger partial charge on any atom is 0.313 e. The molecular formula is C4H3N5O. The zero-order valence-electron chi connectivity index (χ0n) is 4.85. The molecule has 0 aliphatic carbocycles. The summed E-state index contributed by atoms with van der Waals surface area (Å²) >= 11 is 0. The summed E-state index contributed by atoms with van der Waals surface area (Å²) in [5, 5.41) is 9.97. The molecule has 2 heterocycles. The van der Waals surface area contributed by atoms with Crippen molar-refractivity contribution in [2.24, 2.45) is 0 Å². The van der Waals surface area contributed by atoms with Gasteiger partial charge in [-0.05, 0) is 5.21 Å². The summed E-state index contributed by atoms with van der Waals surface area (Å²) in [4.78, 5) is 6.66. The molecule has 0 saturated carbocycles. The van der Waals surface area contributed by atoms with Gasteiger partial charge >= 0.3 is 5.89 Å². The van der Waals surface area contributed by atoms with Crippen LogP contribution in [0.3, 0.4) is 0 Å². The summed E-state index contributed by atoms with van der Waals surface area (Å²) in [6.07, 6.45) is 3.26. The topological polar surface area (TPSA) is 80.5 Å². The minimum Gasteiger partial charge on any atom is -0.340 e. The first-order chi connectivity index (χ1) is 4.97. The molecule has 1 N–H and O–H groups in total. The van der Waals surface area contributed by atoms with E-state index in [0.29, 0.717) is 11.7 Å². The van der Waals surface area contributed by atoms with Gasteiger partial charge in [0.15, 0.2) is 5.82 Å². The lowest BCUT2D eigenvalue weighted by molar-refractivity contribution is 0.402. The summed E-state index contributed by atoms with van der Waals surface area (Å²) in [5.74, 6) is 0.829. The van der Waals surface area contributed by atoms with Gasteiger partial charge in [0.05, 0.1) is 5.27 Å². The highest BCUT2D eigenvalue weighted by molar-refractivity contribution is 5.36. The molecule has 10 heavy (non-hydrogen) atoms. The maximum atomic E-state index is 4.61. The average Bonchev–Trinajstić information content (AvgIpc) is 2.59. The van der Waals surface area contributed by atoms with E-state index in [9.17, 15) is 0 Å².